The van der Waals surface area contributed by atoms with Crippen LogP contribution in [0.2, 0.25) is 0 Å². The highest BCUT2D eigenvalue weighted by atomic mass is 32.2. The molecule has 2 saturated heterocycles. The third-order valence-corrected chi connectivity index (χ3v) is 5.50. The molecule has 2 fully saturated rings. The molecule has 3 rings (SSSR count). The number of fused-ring (bicyclic) bond motifs is 2. The van der Waals surface area contributed by atoms with Gasteiger partial charge < -0.3 is 5.32 Å². The van der Waals surface area contributed by atoms with Gasteiger partial charge in [-0.15, -0.1) is 0 Å². The van der Waals surface area contributed by atoms with E-state index in [1.54, 1.807) is 0 Å². The first-order valence-corrected chi connectivity index (χ1v) is 7.97. The monoisotopic (exact) mass is 297 g/mol. The topological polar surface area (TPSA) is 101 Å². The van der Waals surface area contributed by atoms with Gasteiger partial charge in [0.2, 0.25) is 10.0 Å². The molecule has 8 heteroatoms. The van der Waals surface area contributed by atoms with Crippen molar-refractivity contribution in [2.45, 2.75) is 42.3 Å². The van der Waals surface area contributed by atoms with E-state index in [9.17, 15) is 18.5 Å². The Kier molecular flexibility index (Phi) is 3.23. The molecule has 0 radical (unpaired) electrons. The van der Waals surface area contributed by atoms with E-state index >= 15 is 0 Å². The molecular formula is C12H15N3O4S. The maximum absolute atomic E-state index is 12.3. The quantitative estimate of drug-likeness (QED) is 0.631. The minimum Gasteiger partial charge on any atom is -0.310 e. The van der Waals surface area contributed by atoms with Crippen LogP contribution in [-0.4, -0.2) is 31.5 Å². The summed E-state index contributed by atoms with van der Waals surface area (Å²) < 4.78 is 27.3. The van der Waals surface area contributed by atoms with Gasteiger partial charge in [0.15, 0.2) is 4.90 Å². The average molecular weight is 297 g/mol. The van der Waals surface area contributed by atoms with E-state index in [-0.39, 0.29) is 17.0 Å². The molecule has 0 spiro atoms. The summed E-state index contributed by atoms with van der Waals surface area (Å²) in [5, 5.41) is 14.3. The Balaban J connectivity index is 1.87. The summed E-state index contributed by atoms with van der Waals surface area (Å²) >= 11 is 0. The van der Waals surface area contributed by atoms with Crippen LogP contribution in [0.15, 0.2) is 29.2 Å². The summed E-state index contributed by atoms with van der Waals surface area (Å²) in [6.07, 6.45) is 2.74. The smallest absolute Gasteiger partial charge is 0.289 e. The van der Waals surface area contributed by atoms with E-state index in [0.29, 0.717) is 6.04 Å². The number of nitro groups is 1. The molecule has 0 saturated carbocycles. The van der Waals surface area contributed by atoms with Gasteiger partial charge in [-0.25, -0.2) is 13.1 Å². The number of nitro benzene ring substituents is 1. The number of hydrogen-bond acceptors (Lipinski definition) is 5. The zero-order valence-corrected chi connectivity index (χ0v) is 11.5. The molecule has 2 heterocycles. The molecule has 108 valence electrons. The Morgan fingerprint density at radius 2 is 2.05 bits per heavy atom. The number of hydrogen-bond donors (Lipinski definition) is 2. The van der Waals surface area contributed by atoms with Crippen LogP contribution in [0.25, 0.3) is 0 Å². The highest BCUT2D eigenvalue weighted by Gasteiger charge is 2.41. The van der Waals surface area contributed by atoms with Gasteiger partial charge >= 0.3 is 0 Å². The van der Waals surface area contributed by atoms with Crippen molar-refractivity contribution in [1.29, 1.82) is 0 Å². The van der Waals surface area contributed by atoms with E-state index < -0.39 is 20.6 Å². The van der Waals surface area contributed by atoms with Gasteiger partial charge in [0.25, 0.3) is 5.69 Å². The molecule has 0 amide bonds. The van der Waals surface area contributed by atoms with Crippen molar-refractivity contribution in [3.05, 3.63) is 34.4 Å². The van der Waals surface area contributed by atoms with E-state index in [4.69, 9.17) is 0 Å². The van der Waals surface area contributed by atoms with Gasteiger partial charge in [-0.1, -0.05) is 12.1 Å². The van der Waals surface area contributed by atoms with Crippen LogP contribution in [-0.2, 0) is 10.0 Å². The summed E-state index contributed by atoms with van der Waals surface area (Å²) in [6, 6.07) is 5.72. The van der Waals surface area contributed by atoms with E-state index in [1.807, 2.05) is 0 Å². The largest absolute Gasteiger partial charge is 0.310 e. The van der Waals surface area contributed by atoms with E-state index in [2.05, 4.69) is 10.0 Å². The zero-order chi connectivity index (χ0) is 14.3. The maximum Gasteiger partial charge on any atom is 0.289 e. The molecule has 2 N–H and O–H groups in total. The minimum absolute atomic E-state index is 0.137. The third-order valence-electron chi connectivity index (χ3n) is 3.96. The summed E-state index contributed by atoms with van der Waals surface area (Å²) in [5.41, 5.74) is -0.392. The lowest BCUT2D eigenvalue weighted by Crippen LogP contribution is -2.42. The number of sulfonamides is 1. The Morgan fingerprint density at radius 1 is 1.30 bits per heavy atom. The second-order valence-corrected chi connectivity index (χ2v) is 6.92. The fourth-order valence-corrected chi connectivity index (χ4v) is 4.51. The number of nitrogens with zero attached hydrogens (tertiary/aromatic N) is 1. The molecule has 2 aliphatic heterocycles. The van der Waals surface area contributed by atoms with E-state index in [0.717, 1.165) is 19.3 Å². The summed E-state index contributed by atoms with van der Waals surface area (Å²) in [7, 11) is -3.87. The van der Waals surface area contributed by atoms with Crippen molar-refractivity contribution in [3.63, 3.8) is 0 Å². The molecular weight excluding hydrogens is 282 g/mol. The van der Waals surface area contributed by atoms with Crippen LogP contribution in [0.1, 0.15) is 19.3 Å². The highest BCUT2D eigenvalue weighted by Crippen LogP contribution is 2.30. The predicted molar refractivity (Wildman–Crippen MR) is 71.8 cm³/mol. The number of benzene rings is 1. The summed E-state index contributed by atoms with van der Waals surface area (Å²) in [4.78, 5) is 9.99. The highest BCUT2D eigenvalue weighted by molar-refractivity contribution is 7.89. The normalized spacial score (nSPS) is 28.7. The SMILES string of the molecule is O=[N+]([O-])c1ccccc1S(=O)(=O)N[C@@H]1C[C@@H]2CC[C@H]1N2. The Bertz CT molecular complexity index is 646. The van der Waals surface area contributed by atoms with Crippen LogP contribution in [0.3, 0.4) is 0 Å². The van der Waals surface area contributed by atoms with Crippen LogP contribution in [0.5, 0.6) is 0 Å². The van der Waals surface area contributed by atoms with Gasteiger partial charge in [-0.05, 0) is 25.3 Å². The second kappa shape index (κ2) is 4.80. The summed E-state index contributed by atoms with van der Waals surface area (Å²) in [5.74, 6) is 0. The Labute approximate surface area is 116 Å². The molecule has 0 aromatic heterocycles. The predicted octanol–water partition coefficient (Wildman–Crippen LogP) is 0.766. The summed E-state index contributed by atoms with van der Waals surface area (Å²) in [6.45, 7) is 0. The molecule has 7 nitrogen and oxygen atoms in total. The van der Waals surface area contributed by atoms with Crippen molar-refractivity contribution in [1.82, 2.24) is 10.0 Å². The molecule has 2 aliphatic rings. The number of rotatable bonds is 4. The lowest BCUT2D eigenvalue weighted by molar-refractivity contribution is -0.387. The minimum atomic E-state index is -3.87. The molecule has 3 atom stereocenters. The fraction of sp³-hybridized carbons (Fsp3) is 0.500. The molecule has 0 aliphatic carbocycles. The first-order chi connectivity index (χ1) is 9.47. The zero-order valence-electron chi connectivity index (χ0n) is 10.7. The van der Waals surface area contributed by atoms with Crippen LogP contribution < -0.4 is 10.0 Å². The van der Waals surface area contributed by atoms with Crippen molar-refractivity contribution < 1.29 is 13.3 Å². The molecule has 20 heavy (non-hydrogen) atoms. The molecule has 0 unspecified atom stereocenters. The average Bonchev–Trinajstić information content (AvgIpc) is 3.00. The van der Waals surface area contributed by atoms with Crippen LogP contribution in [0.4, 0.5) is 5.69 Å². The fourth-order valence-electron chi connectivity index (χ4n) is 3.05. The Morgan fingerprint density at radius 3 is 2.65 bits per heavy atom. The standard InChI is InChI=1S/C12H15N3O4S/c16-15(17)11-3-1-2-4-12(11)20(18,19)14-10-7-8-5-6-9(10)13-8/h1-4,8-10,13-14H,5-7H2/t8-,9+,10+/m0/s1. The van der Waals surface area contributed by atoms with Gasteiger partial charge in [0.05, 0.1) is 4.92 Å². The number of para-hydroxylation sites is 1. The van der Waals surface area contributed by atoms with E-state index in [1.165, 1.54) is 24.3 Å². The van der Waals surface area contributed by atoms with Crippen LogP contribution >= 0.6 is 0 Å². The van der Waals surface area contributed by atoms with Crippen LogP contribution in [0, 0.1) is 10.1 Å². The number of nitrogens with one attached hydrogen (secondary N) is 2. The van der Waals surface area contributed by atoms with Crippen molar-refractivity contribution >= 4 is 15.7 Å². The second-order valence-electron chi connectivity index (χ2n) is 5.24. The Hall–Kier alpha value is -1.51. The first-order valence-electron chi connectivity index (χ1n) is 6.49. The third kappa shape index (κ3) is 2.30. The van der Waals surface area contributed by atoms with Crippen molar-refractivity contribution in [3.8, 4) is 0 Å². The lowest BCUT2D eigenvalue weighted by Gasteiger charge is -2.21. The first kappa shape index (κ1) is 13.5. The lowest BCUT2D eigenvalue weighted by atomic mass is 9.96. The van der Waals surface area contributed by atoms with Crippen molar-refractivity contribution in [2.75, 3.05) is 0 Å². The van der Waals surface area contributed by atoms with Gasteiger partial charge in [-0.3, -0.25) is 10.1 Å². The van der Waals surface area contributed by atoms with Gasteiger partial charge in [0, 0.05) is 24.2 Å². The maximum atomic E-state index is 12.3. The molecule has 1 aromatic rings. The van der Waals surface area contributed by atoms with Gasteiger partial charge in [0.1, 0.15) is 0 Å². The van der Waals surface area contributed by atoms with Crippen molar-refractivity contribution in [2.24, 2.45) is 0 Å². The van der Waals surface area contributed by atoms with Gasteiger partial charge in [-0.2, -0.15) is 0 Å². The molecule has 2 bridgehead atoms. The molecule has 1 aromatic carbocycles.